The van der Waals surface area contributed by atoms with Crippen molar-refractivity contribution in [3.63, 3.8) is 0 Å². The number of hydrogen-bond donors (Lipinski definition) is 1. The molecule has 1 aromatic heterocycles. The minimum Gasteiger partial charge on any atom is -0.507 e. The normalized spacial score (nSPS) is 10.8. The molecule has 0 unspecified atom stereocenters. The Balaban J connectivity index is 1.92. The van der Waals surface area contributed by atoms with Gasteiger partial charge < -0.3 is 5.11 Å². The van der Waals surface area contributed by atoms with Crippen molar-refractivity contribution in [3.05, 3.63) is 71.5 Å². The number of benzene rings is 2. The first-order valence-electron chi connectivity index (χ1n) is 7.50. The minimum absolute atomic E-state index is 0.119. The molecule has 3 aromatic rings. The van der Waals surface area contributed by atoms with Crippen molar-refractivity contribution >= 4 is 23.4 Å². The number of nitrogens with zero attached hydrogens (tertiary/aromatic N) is 3. The fraction of sp³-hybridized carbons (Fsp3) is 0.111. The molecule has 2 aromatic carbocycles. The summed E-state index contributed by atoms with van der Waals surface area (Å²) in [5.74, 6) is 0.617. The molecule has 7 heteroatoms. The van der Waals surface area contributed by atoms with Crippen LogP contribution in [-0.2, 0) is 12.3 Å². The first-order valence-corrected chi connectivity index (χ1v) is 8.86. The van der Waals surface area contributed by atoms with E-state index in [0.29, 0.717) is 39.4 Å². The molecule has 0 radical (unpaired) electrons. The van der Waals surface area contributed by atoms with Gasteiger partial charge in [-0.1, -0.05) is 47.6 Å². The van der Waals surface area contributed by atoms with Crippen molar-refractivity contribution in [2.75, 3.05) is 0 Å². The van der Waals surface area contributed by atoms with Gasteiger partial charge in [-0.25, -0.2) is 4.39 Å². The first kappa shape index (κ1) is 17.5. The minimum atomic E-state index is -0.351. The highest BCUT2D eigenvalue weighted by molar-refractivity contribution is 7.98. The molecule has 0 saturated carbocycles. The van der Waals surface area contributed by atoms with Gasteiger partial charge in [0.1, 0.15) is 11.6 Å². The van der Waals surface area contributed by atoms with Gasteiger partial charge in [0.2, 0.25) is 0 Å². The lowest BCUT2D eigenvalue weighted by Gasteiger charge is -2.09. The smallest absolute Gasteiger partial charge is 0.192 e. The Bertz CT molecular complexity index is 893. The summed E-state index contributed by atoms with van der Waals surface area (Å²) in [5.41, 5.74) is 0.999. The predicted molar refractivity (Wildman–Crippen MR) is 98.3 cm³/mol. The maximum Gasteiger partial charge on any atom is 0.192 e. The number of para-hydroxylation sites is 1. The zero-order valence-electron chi connectivity index (χ0n) is 13.2. The molecule has 3 rings (SSSR count). The van der Waals surface area contributed by atoms with Crippen LogP contribution in [0.2, 0.25) is 5.02 Å². The number of allylic oxidation sites excluding steroid dienone is 1. The molecule has 0 aliphatic rings. The van der Waals surface area contributed by atoms with Gasteiger partial charge >= 0.3 is 0 Å². The van der Waals surface area contributed by atoms with Crippen LogP contribution in [0.25, 0.3) is 11.4 Å². The zero-order chi connectivity index (χ0) is 17.8. The molecule has 25 heavy (non-hydrogen) atoms. The van der Waals surface area contributed by atoms with Gasteiger partial charge in [-0.3, -0.25) is 4.57 Å². The monoisotopic (exact) mass is 375 g/mol. The van der Waals surface area contributed by atoms with Crippen LogP contribution in [0.5, 0.6) is 5.75 Å². The molecule has 0 aliphatic carbocycles. The zero-order valence-corrected chi connectivity index (χ0v) is 14.8. The van der Waals surface area contributed by atoms with Gasteiger partial charge in [0.25, 0.3) is 0 Å². The summed E-state index contributed by atoms with van der Waals surface area (Å²) in [7, 11) is 0. The third-order valence-electron chi connectivity index (χ3n) is 3.58. The molecular weight excluding hydrogens is 361 g/mol. The second-order valence-corrected chi connectivity index (χ2v) is 6.56. The lowest BCUT2D eigenvalue weighted by atomic mass is 10.2. The van der Waals surface area contributed by atoms with E-state index in [4.69, 9.17) is 11.6 Å². The Morgan fingerprint density at radius 1 is 1.20 bits per heavy atom. The molecule has 0 bridgehead atoms. The number of thioether (sulfide) groups is 1. The standard InChI is InChI=1S/C18H15ClFN3OS/c1-2-10-23-17(12-6-3-4-9-16(12)24)21-22-18(23)25-11-13-14(19)7-5-8-15(13)20/h2-9,24H,1,10-11H2. The van der Waals surface area contributed by atoms with Crippen LogP contribution >= 0.6 is 23.4 Å². The number of phenols is 1. The molecule has 1 heterocycles. The van der Waals surface area contributed by atoms with Crippen molar-refractivity contribution in [1.82, 2.24) is 14.8 Å². The Labute approximate surface area is 154 Å². The van der Waals surface area contributed by atoms with Crippen molar-refractivity contribution in [1.29, 1.82) is 0 Å². The van der Waals surface area contributed by atoms with Crippen LogP contribution in [-0.4, -0.2) is 19.9 Å². The van der Waals surface area contributed by atoms with E-state index in [1.165, 1.54) is 17.8 Å². The Morgan fingerprint density at radius 3 is 2.72 bits per heavy atom. The van der Waals surface area contributed by atoms with Crippen molar-refractivity contribution in [2.24, 2.45) is 0 Å². The molecular formula is C18H15ClFN3OS. The lowest BCUT2D eigenvalue weighted by molar-refractivity contribution is 0.476. The van der Waals surface area contributed by atoms with Gasteiger partial charge in [0.05, 0.1) is 5.56 Å². The van der Waals surface area contributed by atoms with Gasteiger partial charge in [-0.2, -0.15) is 0 Å². The van der Waals surface area contributed by atoms with E-state index in [1.54, 1.807) is 36.4 Å². The topological polar surface area (TPSA) is 50.9 Å². The van der Waals surface area contributed by atoms with Crippen LogP contribution in [0.3, 0.4) is 0 Å². The van der Waals surface area contributed by atoms with E-state index in [2.05, 4.69) is 16.8 Å². The molecule has 4 nitrogen and oxygen atoms in total. The average Bonchev–Trinajstić information content (AvgIpc) is 2.98. The number of aromatic hydroxyl groups is 1. The highest BCUT2D eigenvalue weighted by Crippen LogP contribution is 2.32. The number of phenolic OH excluding ortho intramolecular Hbond substituents is 1. The molecule has 1 N–H and O–H groups in total. The van der Waals surface area contributed by atoms with Gasteiger partial charge in [-0.15, -0.1) is 16.8 Å². The summed E-state index contributed by atoms with van der Waals surface area (Å²) < 4.78 is 15.8. The summed E-state index contributed by atoms with van der Waals surface area (Å²) >= 11 is 7.40. The van der Waals surface area contributed by atoms with E-state index >= 15 is 0 Å². The third kappa shape index (κ3) is 3.70. The fourth-order valence-corrected chi connectivity index (χ4v) is 3.65. The highest BCUT2D eigenvalue weighted by Gasteiger charge is 2.17. The van der Waals surface area contributed by atoms with Crippen molar-refractivity contribution in [2.45, 2.75) is 17.5 Å². The van der Waals surface area contributed by atoms with Crippen LogP contribution in [0.4, 0.5) is 4.39 Å². The van der Waals surface area contributed by atoms with E-state index in [0.717, 1.165) is 0 Å². The summed E-state index contributed by atoms with van der Waals surface area (Å²) in [5, 5.41) is 19.4. The number of hydrogen-bond acceptors (Lipinski definition) is 4. The number of aromatic nitrogens is 3. The maximum absolute atomic E-state index is 13.9. The first-order chi connectivity index (χ1) is 12.1. The maximum atomic E-state index is 13.9. The van der Waals surface area contributed by atoms with Crippen LogP contribution in [0.1, 0.15) is 5.56 Å². The number of rotatable bonds is 6. The second-order valence-electron chi connectivity index (χ2n) is 5.21. The predicted octanol–water partition coefficient (Wildman–Crippen LogP) is 4.92. The molecule has 0 aliphatic heterocycles. The SMILES string of the molecule is C=CCn1c(SCc2c(F)cccc2Cl)nnc1-c1ccccc1O. The largest absolute Gasteiger partial charge is 0.507 e. The van der Waals surface area contributed by atoms with Crippen LogP contribution in [0.15, 0.2) is 60.3 Å². The molecule has 128 valence electrons. The lowest BCUT2D eigenvalue weighted by Crippen LogP contribution is -2.01. The molecule has 0 saturated heterocycles. The number of halogens is 2. The summed E-state index contributed by atoms with van der Waals surface area (Å²) in [6.45, 7) is 4.21. The van der Waals surface area contributed by atoms with Crippen LogP contribution in [0, 0.1) is 5.82 Å². The average molecular weight is 376 g/mol. The third-order valence-corrected chi connectivity index (χ3v) is 4.93. The van der Waals surface area contributed by atoms with Gasteiger partial charge in [-0.05, 0) is 24.3 Å². The van der Waals surface area contributed by atoms with E-state index in [-0.39, 0.29) is 11.6 Å². The fourth-order valence-electron chi connectivity index (χ4n) is 2.36. The molecule has 0 amide bonds. The van der Waals surface area contributed by atoms with Crippen molar-refractivity contribution < 1.29 is 9.50 Å². The highest BCUT2D eigenvalue weighted by atomic mass is 35.5. The Kier molecular flexibility index (Phi) is 5.40. The summed E-state index contributed by atoms with van der Waals surface area (Å²) in [6.07, 6.45) is 1.72. The summed E-state index contributed by atoms with van der Waals surface area (Å²) in [6, 6.07) is 11.5. The van der Waals surface area contributed by atoms with Gasteiger partial charge in [0, 0.05) is 22.9 Å². The van der Waals surface area contributed by atoms with E-state index < -0.39 is 0 Å². The molecule has 0 fully saturated rings. The van der Waals surface area contributed by atoms with Crippen molar-refractivity contribution in [3.8, 4) is 17.1 Å². The molecule has 0 atom stereocenters. The van der Waals surface area contributed by atoms with Crippen LogP contribution < -0.4 is 0 Å². The Morgan fingerprint density at radius 2 is 2.00 bits per heavy atom. The van der Waals surface area contributed by atoms with E-state index in [1.807, 2.05) is 10.6 Å². The summed E-state index contributed by atoms with van der Waals surface area (Å²) in [4.78, 5) is 0. The second kappa shape index (κ2) is 7.72. The van der Waals surface area contributed by atoms with Gasteiger partial charge in [0.15, 0.2) is 11.0 Å². The van der Waals surface area contributed by atoms with E-state index in [9.17, 15) is 9.50 Å². The quantitative estimate of drug-likeness (QED) is 0.490. The molecule has 0 spiro atoms. The Hall–Kier alpha value is -2.31.